The van der Waals surface area contributed by atoms with Crippen molar-refractivity contribution in [3.8, 4) is 16.9 Å². The molecule has 0 N–H and O–H groups in total. The highest BCUT2D eigenvalue weighted by Gasteiger charge is 2.27. The quantitative estimate of drug-likeness (QED) is 0.354. The Morgan fingerprint density at radius 3 is 2.03 bits per heavy atom. The van der Waals surface area contributed by atoms with Gasteiger partial charge < -0.3 is 4.74 Å². The van der Waals surface area contributed by atoms with Crippen LogP contribution in [0.25, 0.3) is 11.1 Å². The van der Waals surface area contributed by atoms with E-state index in [4.69, 9.17) is 4.74 Å². The van der Waals surface area contributed by atoms with Gasteiger partial charge in [0.2, 0.25) is 0 Å². The molecular formula is C28H38O2. The Morgan fingerprint density at radius 2 is 1.40 bits per heavy atom. The minimum atomic E-state index is 0.0951. The van der Waals surface area contributed by atoms with Crippen LogP contribution >= 0.6 is 0 Å². The topological polar surface area (TPSA) is 26.3 Å². The zero-order chi connectivity index (χ0) is 21.2. The van der Waals surface area contributed by atoms with Gasteiger partial charge in [0.15, 0.2) is 0 Å². The number of hydrogen-bond acceptors (Lipinski definition) is 2. The van der Waals surface area contributed by atoms with Crippen molar-refractivity contribution >= 4 is 5.78 Å². The van der Waals surface area contributed by atoms with Gasteiger partial charge in [-0.1, -0.05) is 88.8 Å². The molecule has 0 saturated heterocycles. The number of Topliss-reactive ketones (excluding diaryl/α,β-unsaturated/α-hetero) is 1. The number of hydrogen-bond donors (Lipinski definition) is 0. The minimum absolute atomic E-state index is 0.0951. The van der Waals surface area contributed by atoms with E-state index in [1.54, 1.807) is 0 Å². The van der Waals surface area contributed by atoms with E-state index in [1.165, 1.54) is 55.2 Å². The average molecular weight is 407 g/mol. The third-order valence-corrected chi connectivity index (χ3v) is 6.40. The van der Waals surface area contributed by atoms with E-state index < -0.39 is 0 Å². The molecule has 0 heterocycles. The largest absolute Gasteiger partial charge is 0.494 e. The Hall–Kier alpha value is -2.09. The predicted octanol–water partition coefficient (Wildman–Crippen LogP) is 7.96. The van der Waals surface area contributed by atoms with Gasteiger partial charge in [-0.15, -0.1) is 0 Å². The molecule has 1 aliphatic carbocycles. The summed E-state index contributed by atoms with van der Waals surface area (Å²) >= 11 is 0. The summed E-state index contributed by atoms with van der Waals surface area (Å²) in [7, 11) is 0. The smallest absolute Gasteiger partial charge is 0.140 e. The van der Waals surface area contributed by atoms with Gasteiger partial charge in [-0.25, -0.2) is 0 Å². The zero-order valence-corrected chi connectivity index (χ0v) is 18.9. The van der Waals surface area contributed by atoms with Crippen LogP contribution in [0.5, 0.6) is 5.75 Å². The van der Waals surface area contributed by atoms with Gasteiger partial charge in [-0.2, -0.15) is 0 Å². The minimum Gasteiger partial charge on any atom is -0.494 e. The van der Waals surface area contributed by atoms with E-state index >= 15 is 0 Å². The van der Waals surface area contributed by atoms with Crippen LogP contribution in [0.15, 0.2) is 48.5 Å². The van der Waals surface area contributed by atoms with Gasteiger partial charge in [0, 0.05) is 12.3 Å². The molecular weight excluding hydrogens is 368 g/mol. The van der Waals surface area contributed by atoms with Crippen LogP contribution in [-0.4, -0.2) is 12.4 Å². The fourth-order valence-corrected chi connectivity index (χ4v) is 4.45. The van der Waals surface area contributed by atoms with E-state index in [9.17, 15) is 4.79 Å². The Bertz CT molecular complexity index is 760. The van der Waals surface area contributed by atoms with Gasteiger partial charge in [-0.3, -0.25) is 4.79 Å². The fourth-order valence-electron chi connectivity index (χ4n) is 4.45. The molecule has 0 aromatic heterocycles. The fraction of sp³-hybridized carbons (Fsp3) is 0.536. The average Bonchev–Trinajstić information content (AvgIpc) is 2.76. The molecule has 0 radical (unpaired) electrons. The molecule has 3 rings (SSSR count). The molecule has 1 aliphatic rings. The highest BCUT2D eigenvalue weighted by atomic mass is 16.5. The third-order valence-electron chi connectivity index (χ3n) is 6.40. The number of carbonyl (C=O) groups excluding carboxylic acids is 1. The normalized spacial score (nSPS) is 19.1. The van der Waals surface area contributed by atoms with E-state index in [-0.39, 0.29) is 5.92 Å². The summed E-state index contributed by atoms with van der Waals surface area (Å²) in [5, 5.41) is 0. The maximum Gasteiger partial charge on any atom is 0.140 e. The molecule has 0 aliphatic heterocycles. The highest BCUT2D eigenvalue weighted by Crippen LogP contribution is 2.34. The lowest BCUT2D eigenvalue weighted by Gasteiger charge is -2.25. The Labute approximate surface area is 183 Å². The standard InChI is InChI=1S/C28H38O2/c1-3-4-5-6-7-8-9-20-30-26-17-15-24(16-18-26)23-11-13-25(14-12-23)27-19-10-22(2)21-28(27)29/h11-18,22,27H,3-10,19-21H2,1-2H3/t22-,27+/m1/s1. The summed E-state index contributed by atoms with van der Waals surface area (Å²) < 4.78 is 5.91. The summed E-state index contributed by atoms with van der Waals surface area (Å²) in [6.07, 6.45) is 12.0. The third kappa shape index (κ3) is 6.72. The molecule has 0 amide bonds. The van der Waals surface area contributed by atoms with Gasteiger partial charge in [0.05, 0.1) is 6.61 Å². The molecule has 0 spiro atoms. The molecule has 1 fully saturated rings. The van der Waals surface area contributed by atoms with E-state index in [0.29, 0.717) is 11.7 Å². The first-order valence-electron chi connectivity index (χ1n) is 12.0. The van der Waals surface area contributed by atoms with Crippen LogP contribution in [0, 0.1) is 5.92 Å². The van der Waals surface area contributed by atoms with Crippen LogP contribution < -0.4 is 4.74 Å². The van der Waals surface area contributed by atoms with Gasteiger partial charge in [-0.05, 0) is 54.0 Å². The predicted molar refractivity (Wildman–Crippen MR) is 126 cm³/mol. The molecule has 162 valence electrons. The second kappa shape index (κ2) is 11.9. The molecule has 2 nitrogen and oxygen atoms in total. The summed E-state index contributed by atoms with van der Waals surface area (Å²) in [6, 6.07) is 17.0. The van der Waals surface area contributed by atoms with Crippen molar-refractivity contribution in [1.82, 2.24) is 0 Å². The summed E-state index contributed by atoms with van der Waals surface area (Å²) in [6.45, 7) is 5.24. The van der Waals surface area contributed by atoms with Crippen LogP contribution in [0.4, 0.5) is 0 Å². The first-order valence-corrected chi connectivity index (χ1v) is 12.0. The van der Waals surface area contributed by atoms with Crippen molar-refractivity contribution in [3.05, 3.63) is 54.1 Å². The summed E-state index contributed by atoms with van der Waals surface area (Å²) in [4.78, 5) is 12.4. The van der Waals surface area contributed by atoms with E-state index in [0.717, 1.165) is 38.0 Å². The molecule has 30 heavy (non-hydrogen) atoms. The lowest BCUT2D eigenvalue weighted by molar-refractivity contribution is -0.123. The summed E-state index contributed by atoms with van der Waals surface area (Å²) in [5.74, 6) is 1.99. The van der Waals surface area contributed by atoms with Crippen LogP contribution in [0.2, 0.25) is 0 Å². The lowest BCUT2D eigenvalue weighted by Crippen LogP contribution is -2.21. The Kier molecular flexibility index (Phi) is 8.99. The first kappa shape index (κ1) is 22.6. The van der Waals surface area contributed by atoms with Crippen molar-refractivity contribution in [2.75, 3.05) is 6.61 Å². The molecule has 2 atom stereocenters. The number of unbranched alkanes of at least 4 members (excludes halogenated alkanes) is 6. The molecule has 2 aromatic rings. The van der Waals surface area contributed by atoms with Crippen molar-refractivity contribution < 1.29 is 9.53 Å². The lowest BCUT2D eigenvalue weighted by atomic mass is 9.78. The number of carbonyl (C=O) groups is 1. The van der Waals surface area contributed by atoms with Crippen LogP contribution in [-0.2, 0) is 4.79 Å². The number of ketones is 1. The van der Waals surface area contributed by atoms with E-state index in [1.807, 2.05) is 0 Å². The second-order valence-electron chi connectivity index (χ2n) is 9.02. The number of ether oxygens (including phenoxy) is 1. The van der Waals surface area contributed by atoms with Crippen LogP contribution in [0.1, 0.15) is 89.5 Å². The molecule has 2 aromatic carbocycles. The maximum atomic E-state index is 12.4. The highest BCUT2D eigenvalue weighted by molar-refractivity contribution is 5.86. The SMILES string of the molecule is CCCCCCCCCOc1ccc(-c2ccc([C@@H]3CC[C@@H](C)CC3=O)cc2)cc1. The van der Waals surface area contributed by atoms with Gasteiger partial charge in [0.1, 0.15) is 11.5 Å². The second-order valence-corrected chi connectivity index (χ2v) is 9.02. The Balaban J connectivity index is 1.45. The Morgan fingerprint density at radius 1 is 0.800 bits per heavy atom. The van der Waals surface area contributed by atoms with E-state index in [2.05, 4.69) is 62.4 Å². The van der Waals surface area contributed by atoms with Crippen molar-refractivity contribution in [3.63, 3.8) is 0 Å². The molecule has 1 saturated carbocycles. The summed E-state index contributed by atoms with van der Waals surface area (Å²) in [5.41, 5.74) is 3.55. The number of rotatable bonds is 11. The number of benzene rings is 2. The van der Waals surface area contributed by atoms with Crippen molar-refractivity contribution in [2.24, 2.45) is 5.92 Å². The maximum absolute atomic E-state index is 12.4. The monoisotopic (exact) mass is 406 g/mol. The molecule has 0 unspecified atom stereocenters. The van der Waals surface area contributed by atoms with Gasteiger partial charge >= 0.3 is 0 Å². The van der Waals surface area contributed by atoms with Crippen molar-refractivity contribution in [2.45, 2.75) is 84.0 Å². The molecule has 0 bridgehead atoms. The van der Waals surface area contributed by atoms with Crippen LogP contribution in [0.3, 0.4) is 0 Å². The zero-order valence-electron chi connectivity index (χ0n) is 18.9. The van der Waals surface area contributed by atoms with Crippen molar-refractivity contribution in [1.29, 1.82) is 0 Å². The van der Waals surface area contributed by atoms with Gasteiger partial charge in [0.25, 0.3) is 0 Å². The molecule has 2 heteroatoms. The first-order chi connectivity index (χ1) is 14.7.